The van der Waals surface area contributed by atoms with Gasteiger partial charge in [0.05, 0.1) is 16.9 Å². The van der Waals surface area contributed by atoms with Crippen molar-refractivity contribution in [3.05, 3.63) is 86.5 Å². The van der Waals surface area contributed by atoms with Gasteiger partial charge < -0.3 is 0 Å². The molecule has 0 amide bonds. The third kappa shape index (κ3) is 3.94. The first-order valence-electron chi connectivity index (χ1n) is 10.1. The van der Waals surface area contributed by atoms with E-state index in [1.807, 2.05) is 51.1 Å². The zero-order valence-electron chi connectivity index (χ0n) is 17.7. The van der Waals surface area contributed by atoms with Crippen LogP contribution in [0, 0.1) is 20.8 Å². The van der Waals surface area contributed by atoms with Crippen LogP contribution >= 0.6 is 0 Å². The van der Waals surface area contributed by atoms with Crippen LogP contribution in [0.15, 0.2) is 47.3 Å². The average Bonchev–Trinajstić information content (AvgIpc) is 2.72. The van der Waals surface area contributed by atoms with Crippen LogP contribution in [0.4, 0.5) is 11.9 Å². The minimum absolute atomic E-state index is 0.154. The van der Waals surface area contributed by atoms with Crippen LogP contribution in [-0.2, 0) is 12.8 Å². The Morgan fingerprint density at radius 2 is 1.77 bits per heavy atom. The average molecular weight is 399 g/mol. The quantitative estimate of drug-likeness (QED) is 0.515. The van der Waals surface area contributed by atoms with Crippen molar-refractivity contribution in [2.75, 3.05) is 5.32 Å². The predicted octanol–water partition coefficient (Wildman–Crippen LogP) is 4.54. The molecule has 30 heavy (non-hydrogen) atoms. The molecule has 152 valence electrons. The number of benzene rings is 2. The molecule has 2 N–H and O–H groups in total. The highest BCUT2D eigenvalue weighted by molar-refractivity contribution is 5.82. The van der Waals surface area contributed by atoms with Crippen molar-refractivity contribution >= 4 is 22.8 Å². The largest absolute Gasteiger partial charge is 0.294 e. The van der Waals surface area contributed by atoms with E-state index >= 15 is 0 Å². The maximum atomic E-state index is 12.7. The normalized spacial score (nSPS) is 11.1. The van der Waals surface area contributed by atoms with Crippen LogP contribution in [0.2, 0.25) is 0 Å². The third-order valence-corrected chi connectivity index (χ3v) is 5.44. The Labute approximate surface area is 175 Å². The lowest BCUT2D eigenvalue weighted by molar-refractivity contribution is 0.974. The highest BCUT2D eigenvalue weighted by Gasteiger charge is 2.12. The Kier molecular flexibility index (Phi) is 5.31. The Hall–Kier alpha value is -3.54. The van der Waals surface area contributed by atoms with Crippen molar-refractivity contribution in [1.82, 2.24) is 19.9 Å². The summed E-state index contributed by atoms with van der Waals surface area (Å²) >= 11 is 0. The van der Waals surface area contributed by atoms with Crippen molar-refractivity contribution in [1.29, 1.82) is 0 Å². The highest BCUT2D eigenvalue weighted by atomic mass is 16.1. The number of anilines is 2. The van der Waals surface area contributed by atoms with E-state index in [-0.39, 0.29) is 5.56 Å². The van der Waals surface area contributed by atoms with Crippen LogP contribution in [0.1, 0.15) is 40.6 Å². The Bertz CT molecular complexity index is 1290. The standard InChI is InChI=1S/C24H25N5O/c1-5-17-10-11-21-19(12-17)15(3)25-23(27-21)29-24-26-16(4)20(22(30)28-24)13-18-9-7-6-8-14(18)2/h6-12H,5,13H2,1-4H3,(H2,25,26,27,28,29,30). The fourth-order valence-electron chi connectivity index (χ4n) is 3.59. The monoisotopic (exact) mass is 399 g/mol. The first kappa shape index (κ1) is 19.8. The molecule has 6 heteroatoms. The van der Waals surface area contributed by atoms with Gasteiger partial charge in [-0.2, -0.15) is 0 Å². The summed E-state index contributed by atoms with van der Waals surface area (Å²) in [6.07, 6.45) is 1.52. The molecule has 0 atom stereocenters. The number of aromatic amines is 1. The molecule has 4 rings (SSSR count). The minimum atomic E-state index is -0.154. The number of hydrogen-bond donors (Lipinski definition) is 2. The third-order valence-electron chi connectivity index (χ3n) is 5.44. The summed E-state index contributed by atoms with van der Waals surface area (Å²) in [7, 11) is 0. The summed E-state index contributed by atoms with van der Waals surface area (Å²) in [5.74, 6) is 0.758. The van der Waals surface area contributed by atoms with Gasteiger partial charge in [-0.25, -0.2) is 15.0 Å². The second-order valence-electron chi connectivity index (χ2n) is 7.54. The van der Waals surface area contributed by atoms with Gasteiger partial charge in [-0.1, -0.05) is 37.3 Å². The topological polar surface area (TPSA) is 83.6 Å². The van der Waals surface area contributed by atoms with Crippen LogP contribution in [-0.4, -0.2) is 19.9 Å². The summed E-state index contributed by atoms with van der Waals surface area (Å²) in [5, 5.41) is 4.09. The maximum absolute atomic E-state index is 12.7. The lowest BCUT2D eigenvalue weighted by atomic mass is 10.0. The zero-order chi connectivity index (χ0) is 21.3. The fraction of sp³-hybridized carbons (Fsp3) is 0.250. The molecule has 0 aliphatic heterocycles. The van der Waals surface area contributed by atoms with Gasteiger partial charge in [0.15, 0.2) is 0 Å². The number of aromatic nitrogens is 4. The zero-order valence-corrected chi connectivity index (χ0v) is 17.7. The molecule has 4 aromatic rings. The summed E-state index contributed by atoms with van der Waals surface area (Å²) in [5.41, 5.74) is 6.47. The molecule has 0 aliphatic rings. The maximum Gasteiger partial charge on any atom is 0.256 e. The van der Waals surface area contributed by atoms with Crippen molar-refractivity contribution in [2.24, 2.45) is 0 Å². The number of H-pyrrole nitrogens is 1. The first-order valence-corrected chi connectivity index (χ1v) is 10.1. The number of hydrogen-bond acceptors (Lipinski definition) is 5. The van der Waals surface area contributed by atoms with Gasteiger partial charge in [0, 0.05) is 17.4 Å². The first-order chi connectivity index (χ1) is 14.4. The van der Waals surface area contributed by atoms with Crippen LogP contribution < -0.4 is 10.9 Å². The summed E-state index contributed by atoms with van der Waals surface area (Å²) < 4.78 is 0. The molecule has 2 aromatic carbocycles. The molecule has 2 aromatic heterocycles. The Balaban J connectivity index is 1.64. The van der Waals surface area contributed by atoms with Gasteiger partial charge in [0.25, 0.3) is 5.56 Å². The molecule has 2 heterocycles. The molecule has 0 fully saturated rings. The van der Waals surface area contributed by atoms with E-state index in [1.54, 1.807) is 0 Å². The lowest BCUT2D eigenvalue weighted by Gasteiger charge is -2.11. The Morgan fingerprint density at radius 3 is 2.50 bits per heavy atom. The van der Waals surface area contributed by atoms with Crippen molar-refractivity contribution in [3.63, 3.8) is 0 Å². The molecule has 0 radical (unpaired) electrons. The van der Waals surface area contributed by atoms with Gasteiger partial charge in [-0.3, -0.25) is 15.1 Å². The van der Waals surface area contributed by atoms with E-state index in [9.17, 15) is 4.79 Å². The summed E-state index contributed by atoms with van der Waals surface area (Å²) in [4.78, 5) is 29.3. The van der Waals surface area contributed by atoms with Gasteiger partial charge in [0.1, 0.15) is 0 Å². The molecule has 0 saturated carbocycles. The predicted molar refractivity (Wildman–Crippen MR) is 121 cm³/mol. The molecule has 0 aliphatic carbocycles. The Morgan fingerprint density at radius 1 is 0.967 bits per heavy atom. The van der Waals surface area contributed by atoms with Crippen molar-refractivity contribution in [3.8, 4) is 0 Å². The number of nitrogens with one attached hydrogen (secondary N) is 2. The van der Waals surface area contributed by atoms with Crippen molar-refractivity contribution < 1.29 is 0 Å². The number of aryl methyl sites for hydroxylation is 4. The molecule has 0 spiro atoms. The minimum Gasteiger partial charge on any atom is -0.294 e. The number of fused-ring (bicyclic) bond motifs is 1. The lowest BCUT2D eigenvalue weighted by Crippen LogP contribution is -2.19. The highest BCUT2D eigenvalue weighted by Crippen LogP contribution is 2.21. The van der Waals surface area contributed by atoms with E-state index in [0.29, 0.717) is 29.6 Å². The molecule has 0 saturated heterocycles. The summed E-state index contributed by atoms with van der Waals surface area (Å²) in [6, 6.07) is 14.3. The molecular formula is C24H25N5O. The van der Waals surface area contributed by atoms with E-state index in [0.717, 1.165) is 34.1 Å². The van der Waals surface area contributed by atoms with E-state index in [1.165, 1.54) is 5.56 Å². The van der Waals surface area contributed by atoms with Gasteiger partial charge in [-0.05, 0) is 56.0 Å². The summed E-state index contributed by atoms with van der Waals surface area (Å²) in [6.45, 7) is 7.99. The smallest absolute Gasteiger partial charge is 0.256 e. The van der Waals surface area contributed by atoms with Crippen LogP contribution in [0.25, 0.3) is 10.9 Å². The van der Waals surface area contributed by atoms with Gasteiger partial charge >= 0.3 is 0 Å². The molecule has 6 nitrogen and oxygen atoms in total. The SMILES string of the molecule is CCc1ccc2nc(Nc3nc(C)c(Cc4ccccc4C)c(=O)[nH]3)nc(C)c2c1. The molecule has 0 unspecified atom stereocenters. The second-order valence-corrected chi connectivity index (χ2v) is 7.54. The van der Waals surface area contributed by atoms with E-state index in [4.69, 9.17) is 0 Å². The van der Waals surface area contributed by atoms with E-state index < -0.39 is 0 Å². The van der Waals surface area contributed by atoms with Gasteiger partial charge in [0.2, 0.25) is 11.9 Å². The molecule has 0 bridgehead atoms. The second kappa shape index (κ2) is 8.06. The number of nitrogens with zero attached hydrogens (tertiary/aromatic N) is 3. The fourth-order valence-corrected chi connectivity index (χ4v) is 3.59. The van der Waals surface area contributed by atoms with Crippen LogP contribution in [0.5, 0.6) is 0 Å². The van der Waals surface area contributed by atoms with E-state index in [2.05, 4.69) is 44.3 Å². The van der Waals surface area contributed by atoms with Crippen molar-refractivity contribution in [2.45, 2.75) is 40.5 Å². The molecular weight excluding hydrogens is 374 g/mol. The number of rotatable bonds is 5. The van der Waals surface area contributed by atoms with Crippen LogP contribution in [0.3, 0.4) is 0 Å². The van der Waals surface area contributed by atoms with Gasteiger partial charge in [-0.15, -0.1) is 0 Å².